The number of rotatable bonds is 11. The van der Waals surface area contributed by atoms with Gasteiger partial charge in [-0.15, -0.1) is 11.8 Å². The molecule has 2 aromatic rings. The van der Waals surface area contributed by atoms with E-state index in [0.29, 0.717) is 29.4 Å². The number of methoxy groups -OCH3 is 1. The Bertz CT molecular complexity index is 949. The number of anilines is 2. The topological polar surface area (TPSA) is 123 Å². The highest BCUT2D eigenvalue weighted by molar-refractivity contribution is 8.00. The fourth-order valence-electron chi connectivity index (χ4n) is 2.49. The summed E-state index contributed by atoms with van der Waals surface area (Å²) >= 11 is 1.20. The van der Waals surface area contributed by atoms with Crippen molar-refractivity contribution in [1.82, 2.24) is 5.32 Å². The average Bonchev–Trinajstić information content (AvgIpc) is 2.77. The second kappa shape index (κ2) is 13.1. The largest absolute Gasteiger partial charge is 0.452 e. The summed E-state index contributed by atoms with van der Waals surface area (Å²) < 4.78 is 10.0. The molecule has 0 atom stereocenters. The molecule has 10 heteroatoms. The van der Waals surface area contributed by atoms with Crippen molar-refractivity contribution < 1.29 is 28.7 Å². The normalized spacial score (nSPS) is 10.2. The second-order valence-corrected chi connectivity index (χ2v) is 7.53. The summed E-state index contributed by atoms with van der Waals surface area (Å²) in [5.41, 5.74) is 1.37. The monoisotopic (exact) mass is 459 g/mol. The number of carbonyl (C=O) groups is 4. The Morgan fingerprint density at radius 1 is 0.906 bits per heavy atom. The lowest BCUT2D eigenvalue weighted by molar-refractivity contribution is -0.119. The van der Waals surface area contributed by atoms with Crippen molar-refractivity contribution in [2.45, 2.75) is 11.8 Å². The summed E-state index contributed by atoms with van der Waals surface area (Å²) in [5.74, 6) is -1.42. The summed E-state index contributed by atoms with van der Waals surface area (Å²) in [6, 6.07) is 13.2. The summed E-state index contributed by atoms with van der Waals surface area (Å²) in [4.78, 5) is 48.0. The lowest BCUT2D eigenvalue weighted by atomic mass is 10.2. The second-order valence-electron chi connectivity index (χ2n) is 6.51. The van der Waals surface area contributed by atoms with Crippen LogP contribution in [-0.2, 0) is 23.9 Å². The van der Waals surface area contributed by atoms with Gasteiger partial charge in [-0.2, -0.15) is 0 Å². The highest BCUT2D eigenvalue weighted by atomic mass is 32.2. The van der Waals surface area contributed by atoms with Crippen LogP contribution in [0.2, 0.25) is 0 Å². The van der Waals surface area contributed by atoms with Crippen molar-refractivity contribution in [2.75, 3.05) is 43.3 Å². The minimum absolute atomic E-state index is 0.128. The van der Waals surface area contributed by atoms with E-state index in [1.807, 2.05) is 0 Å². The van der Waals surface area contributed by atoms with E-state index in [0.717, 1.165) is 0 Å². The predicted octanol–water partition coefficient (Wildman–Crippen LogP) is 2.30. The van der Waals surface area contributed by atoms with E-state index in [-0.39, 0.29) is 23.1 Å². The van der Waals surface area contributed by atoms with Crippen molar-refractivity contribution in [2.24, 2.45) is 0 Å². The number of thioether (sulfide) groups is 1. The third kappa shape index (κ3) is 8.78. The van der Waals surface area contributed by atoms with E-state index in [4.69, 9.17) is 9.47 Å². The maximum Gasteiger partial charge on any atom is 0.339 e. The van der Waals surface area contributed by atoms with Crippen molar-refractivity contribution in [3.05, 3.63) is 54.1 Å². The molecule has 3 amide bonds. The van der Waals surface area contributed by atoms with Crippen LogP contribution in [-0.4, -0.2) is 56.3 Å². The first kappa shape index (κ1) is 24.9. The van der Waals surface area contributed by atoms with Crippen molar-refractivity contribution in [1.29, 1.82) is 0 Å². The third-order valence-electron chi connectivity index (χ3n) is 3.92. The Morgan fingerprint density at radius 2 is 1.56 bits per heavy atom. The van der Waals surface area contributed by atoms with E-state index in [1.54, 1.807) is 55.6 Å². The molecule has 0 aliphatic rings. The molecule has 0 aromatic heterocycles. The number of esters is 1. The van der Waals surface area contributed by atoms with Crippen molar-refractivity contribution >= 4 is 46.8 Å². The number of benzene rings is 2. The van der Waals surface area contributed by atoms with Crippen LogP contribution in [0.5, 0.6) is 0 Å². The van der Waals surface area contributed by atoms with Gasteiger partial charge in [-0.1, -0.05) is 12.1 Å². The highest BCUT2D eigenvalue weighted by Gasteiger charge is 2.15. The average molecular weight is 460 g/mol. The van der Waals surface area contributed by atoms with Gasteiger partial charge in [0.05, 0.1) is 17.9 Å². The van der Waals surface area contributed by atoms with Gasteiger partial charge in [0.1, 0.15) is 0 Å². The van der Waals surface area contributed by atoms with Gasteiger partial charge in [-0.25, -0.2) is 4.79 Å². The van der Waals surface area contributed by atoms with Gasteiger partial charge >= 0.3 is 5.97 Å². The minimum atomic E-state index is -0.663. The molecule has 0 radical (unpaired) electrons. The Hall–Kier alpha value is -3.37. The first-order chi connectivity index (χ1) is 15.4. The SMILES string of the molecule is COCCNC(=O)CSc1ccccc1C(=O)OCC(=O)Nc1ccc(NC(C)=O)cc1. The number of carbonyl (C=O) groups excluding carboxylic acids is 4. The van der Waals surface area contributed by atoms with Crippen LogP contribution in [0.25, 0.3) is 0 Å². The molecule has 0 unspecified atom stereocenters. The van der Waals surface area contributed by atoms with E-state index >= 15 is 0 Å². The Morgan fingerprint density at radius 3 is 2.22 bits per heavy atom. The zero-order chi connectivity index (χ0) is 23.3. The Kier molecular flexibility index (Phi) is 10.2. The maximum atomic E-state index is 12.5. The lowest BCUT2D eigenvalue weighted by Gasteiger charge is -2.10. The fraction of sp³-hybridized carbons (Fsp3) is 0.273. The number of amides is 3. The first-order valence-electron chi connectivity index (χ1n) is 9.71. The van der Waals surface area contributed by atoms with Crippen LogP contribution in [0.1, 0.15) is 17.3 Å². The zero-order valence-corrected chi connectivity index (χ0v) is 18.6. The standard InChI is InChI=1S/C22H25N3O6S/c1-15(26)24-16-7-9-17(10-8-16)25-20(27)13-31-22(29)18-5-3-4-6-19(18)32-14-21(28)23-11-12-30-2/h3-10H,11-14H2,1-2H3,(H,23,28)(H,24,26)(H,25,27). The van der Waals surface area contributed by atoms with Crippen LogP contribution < -0.4 is 16.0 Å². The van der Waals surface area contributed by atoms with E-state index in [9.17, 15) is 19.2 Å². The van der Waals surface area contributed by atoms with Gasteiger partial charge in [-0.3, -0.25) is 14.4 Å². The molecule has 0 fully saturated rings. The van der Waals surface area contributed by atoms with E-state index < -0.39 is 18.5 Å². The van der Waals surface area contributed by atoms with Gasteiger partial charge < -0.3 is 25.4 Å². The smallest absolute Gasteiger partial charge is 0.339 e. The van der Waals surface area contributed by atoms with Gasteiger partial charge in [-0.05, 0) is 36.4 Å². The van der Waals surface area contributed by atoms with Gasteiger partial charge in [0.2, 0.25) is 11.8 Å². The maximum absolute atomic E-state index is 12.5. The molecule has 0 bridgehead atoms. The molecule has 0 spiro atoms. The van der Waals surface area contributed by atoms with Crippen LogP contribution in [0.15, 0.2) is 53.4 Å². The Labute approximate surface area is 190 Å². The van der Waals surface area contributed by atoms with E-state index in [1.165, 1.54) is 18.7 Å². The van der Waals surface area contributed by atoms with Crippen LogP contribution >= 0.6 is 11.8 Å². The molecule has 0 aliphatic heterocycles. The van der Waals surface area contributed by atoms with Gasteiger partial charge in [0.15, 0.2) is 6.61 Å². The van der Waals surface area contributed by atoms with Crippen molar-refractivity contribution in [3.63, 3.8) is 0 Å². The summed E-state index contributed by atoms with van der Waals surface area (Å²) in [6.07, 6.45) is 0. The van der Waals surface area contributed by atoms with Crippen LogP contribution in [0.3, 0.4) is 0 Å². The molecular formula is C22H25N3O6S. The van der Waals surface area contributed by atoms with Crippen LogP contribution in [0, 0.1) is 0 Å². The number of ether oxygens (including phenoxy) is 2. The molecule has 0 saturated heterocycles. The minimum Gasteiger partial charge on any atom is -0.452 e. The predicted molar refractivity (Wildman–Crippen MR) is 122 cm³/mol. The third-order valence-corrected chi connectivity index (χ3v) is 4.99. The number of hydrogen-bond acceptors (Lipinski definition) is 7. The molecule has 0 aliphatic carbocycles. The molecule has 0 saturated carbocycles. The fourth-order valence-corrected chi connectivity index (χ4v) is 3.36. The highest BCUT2D eigenvalue weighted by Crippen LogP contribution is 2.23. The number of nitrogens with one attached hydrogen (secondary N) is 3. The molecule has 0 heterocycles. The lowest BCUT2D eigenvalue weighted by Crippen LogP contribution is -2.28. The molecular weight excluding hydrogens is 434 g/mol. The van der Waals surface area contributed by atoms with Gasteiger partial charge in [0, 0.05) is 36.8 Å². The summed E-state index contributed by atoms with van der Waals surface area (Å²) in [5, 5.41) is 7.94. The molecule has 3 N–H and O–H groups in total. The molecule has 170 valence electrons. The molecule has 2 rings (SSSR count). The number of hydrogen-bond donors (Lipinski definition) is 3. The summed E-state index contributed by atoms with van der Waals surface area (Å²) in [7, 11) is 1.55. The van der Waals surface area contributed by atoms with Crippen LogP contribution in [0.4, 0.5) is 11.4 Å². The quantitative estimate of drug-likeness (QED) is 0.268. The molecule has 2 aromatic carbocycles. The van der Waals surface area contributed by atoms with Crippen molar-refractivity contribution in [3.8, 4) is 0 Å². The van der Waals surface area contributed by atoms with E-state index in [2.05, 4.69) is 16.0 Å². The Balaban J connectivity index is 1.85. The summed E-state index contributed by atoms with van der Waals surface area (Å²) in [6.45, 7) is 1.76. The first-order valence-corrected chi connectivity index (χ1v) is 10.7. The molecule has 9 nitrogen and oxygen atoms in total. The van der Waals surface area contributed by atoms with Gasteiger partial charge in [0.25, 0.3) is 5.91 Å². The molecule has 32 heavy (non-hydrogen) atoms. The zero-order valence-electron chi connectivity index (χ0n) is 17.8.